The van der Waals surface area contributed by atoms with Crippen LogP contribution in [0, 0.1) is 6.92 Å². The first-order valence-corrected chi connectivity index (χ1v) is 5.43. The highest BCUT2D eigenvalue weighted by Gasteiger charge is 2.05. The Hall–Kier alpha value is -2.06. The molecule has 0 saturated heterocycles. The molecule has 0 bridgehead atoms. The van der Waals surface area contributed by atoms with E-state index in [4.69, 9.17) is 5.90 Å². The van der Waals surface area contributed by atoms with E-state index in [2.05, 4.69) is 25.1 Å². The standard InChI is InChI=1S/C9H9N5O2S/c1-5-12-7(2-8(13-5)16-10)14-9-11-3-6(4-15)17-9/h2-4H,10H2,1H3,(H,11,12,13,14). The van der Waals surface area contributed by atoms with Crippen LogP contribution in [0.3, 0.4) is 0 Å². The Kier molecular flexibility index (Phi) is 3.26. The molecule has 8 heteroatoms. The van der Waals surface area contributed by atoms with Crippen LogP contribution in [0.4, 0.5) is 10.9 Å². The van der Waals surface area contributed by atoms with E-state index in [-0.39, 0.29) is 5.88 Å². The van der Waals surface area contributed by atoms with Crippen LogP contribution in [0.2, 0.25) is 0 Å². The number of anilines is 2. The minimum absolute atomic E-state index is 0.257. The molecule has 2 rings (SSSR count). The van der Waals surface area contributed by atoms with Crippen molar-refractivity contribution in [2.24, 2.45) is 5.90 Å². The first kappa shape index (κ1) is 11.4. The second kappa shape index (κ2) is 4.85. The number of nitrogens with one attached hydrogen (secondary N) is 1. The lowest BCUT2D eigenvalue weighted by Crippen LogP contribution is -2.06. The molecule has 0 unspecified atom stereocenters. The predicted molar refractivity (Wildman–Crippen MR) is 62.4 cm³/mol. The third-order valence-electron chi connectivity index (χ3n) is 1.81. The van der Waals surface area contributed by atoms with Gasteiger partial charge in [0, 0.05) is 6.07 Å². The maximum Gasteiger partial charge on any atom is 0.242 e. The van der Waals surface area contributed by atoms with Crippen molar-refractivity contribution in [1.82, 2.24) is 15.0 Å². The van der Waals surface area contributed by atoms with Crippen molar-refractivity contribution < 1.29 is 9.63 Å². The summed E-state index contributed by atoms with van der Waals surface area (Å²) < 4.78 is 0. The lowest BCUT2D eigenvalue weighted by Gasteiger charge is -2.04. The van der Waals surface area contributed by atoms with E-state index in [1.165, 1.54) is 23.6 Å². The van der Waals surface area contributed by atoms with Crippen molar-refractivity contribution in [2.45, 2.75) is 6.92 Å². The topological polar surface area (TPSA) is 103 Å². The highest BCUT2D eigenvalue weighted by Crippen LogP contribution is 2.21. The Morgan fingerprint density at radius 1 is 1.53 bits per heavy atom. The average Bonchev–Trinajstić information content (AvgIpc) is 2.76. The Morgan fingerprint density at radius 2 is 2.35 bits per heavy atom. The summed E-state index contributed by atoms with van der Waals surface area (Å²) >= 11 is 1.22. The molecule has 0 saturated carbocycles. The van der Waals surface area contributed by atoms with Crippen LogP contribution in [-0.4, -0.2) is 21.2 Å². The van der Waals surface area contributed by atoms with E-state index in [0.717, 1.165) is 6.29 Å². The molecule has 0 aromatic carbocycles. The van der Waals surface area contributed by atoms with E-state index in [1.807, 2.05) is 0 Å². The molecule has 2 heterocycles. The quantitative estimate of drug-likeness (QED) is 0.618. The molecular formula is C9H9N5O2S. The molecule has 2 aromatic heterocycles. The number of aryl methyl sites for hydroxylation is 1. The van der Waals surface area contributed by atoms with E-state index in [0.29, 0.717) is 21.7 Å². The number of carbonyl (C=O) groups is 1. The largest absolute Gasteiger partial charge is 0.391 e. The zero-order valence-electron chi connectivity index (χ0n) is 8.88. The van der Waals surface area contributed by atoms with Gasteiger partial charge in [0.25, 0.3) is 0 Å². The van der Waals surface area contributed by atoms with Crippen LogP contribution in [0.5, 0.6) is 5.88 Å². The minimum Gasteiger partial charge on any atom is -0.391 e. The van der Waals surface area contributed by atoms with Crippen molar-refractivity contribution in [1.29, 1.82) is 0 Å². The first-order valence-electron chi connectivity index (χ1n) is 4.61. The number of aldehydes is 1. The second-order valence-electron chi connectivity index (χ2n) is 3.07. The molecule has 2 aromatic rings. The molecule has 88 valence electrons. The number of hydrogen-bond acceptors (Lipinski definition) is 8. The number of carbonyl (C=O) groups excluding carboxylic acids is 1. The number of aromatic nitrogens is 3. The van der Waals surface area contributed by atoms with Crippen LogP contribution in [0.15, 0.2) is 12.3 Å². The first-order chi connectivity index (χ1) is 8.21. The molecule has 0 aliphatic heterocycles. The Morgan fingerprint density at radius 3 is 3.00 bits per heavy atom. The van der Waals surface area contributed by atoms with Gasteiger partial charge < -0.3 is 10.2 Å². The van der Waals surface area contributed by atoms with Gasteiger partial charge in [-0.1, -0.05) is 11.3 Å². The zero-order valence-corrected chi connectivity index (χ0v) is 9.69. The van der Waals surface area contributed by atoms with Crippen molar-refractivity contribution >= 4 is 28.6 Å². The highest BCUT2D eigenvalue weighted by molar-refractivity contribution is 7.17. The molecule has 0 spiro atoms. The van der Waals surface area contributed by atoms with E-state index < -0.39 is 0 Å². The lowest BCUT2D eigenvalue weighted by atomic mass is 10.5. The fraction of sp³-hybridized carbons (Fsp3) is 0.111. The summed E-state index contributed by atoms with van der Waals surface area (Å²) in [5.74, 6) is 6.31. The summed E-state index contributed by atoms with van der Waals surface area (Å²) in [5, 5.41) is 3.50. The van der Waals surface area contributed by atoms with Gasteiger partial charge >= 0.3 is 0 Å². The highest BCUT2D eigenvalue weighted by atomic mass is 32.1. The van der Waals surface area contributed by atoms with E-state index >= 15 is 0 Å². The van der Waals surface area contributed by atoms with Gasteiger partial charge in [0.2, 0.25) is 5.88 Å². The maximum atomic E-state index is 10.5. The molecule has 0 aliphatic rings. The smallest absolute Gasteiger partial charge is 0.242 e. The van der Waals surface area contributed by atoms with Crippen LogP contribution in [0.1, 0.15) is 15.5 Å². The molecule has 0 atom stereocenters. The van der Waals surface area contributed by atoms with Gasteiger partial charge in [0.1, 0.15) is 11.6 Å². The minimum atomic E-state index is 0.257. The summed E-state index contributed by atoms with van der Waals surface area (Å²) in [7, 11) is 0. The third-order valence-corrected chi connectivity index (χ3v) is 2.65. The van der Waals surface area contributed by atoms with Crippen LogP contribution in [0.25, 0.3) is 0 Å². The second-order valence-corrected chi connectivity index (χ2v) is 4.13. The van der Waals surface area contributed by atoms with Crippen LogP contribution < -0.4 is 16.1 Å². The van der Waals surface area contributed by atoms with Gasteiger partial charge in [-0.25, -0.2) is 9.97 Å². The summed E-state index contributed by atoms with van der Waals surface area (Å²) in [6, 6.07) is 1.54. The summed E-state index contributed by atoms with van der Waals surface area (Å²) in [5.41, 5.74) is 0. The summed E-state index contributed by atoms with van der Waals surface area (Å²) in [6.07, 6.45) is 2.22. The zero-order chi connectivity index (χ0) is 12.3. The molecule has 17 heavy (non-hydrogen) atoms. The molecule has 0 amide bonds. The van der Waals surface area contributed by atoms with Gasteiger partial charge in [-0.2, -0.15) is 10.9 Å². The molecule has 0 fully saturated rings. The molecular weight excluding hydrogens is 242 g/mol. The number of thiazole rings is 1. The number of nitrogens with two attached hydrogens (primary N) is 1. The summed E-state index contributed by atoms with van der Waals surface area (Å²) in [6.45, 7) is 1.71. The maximum absolute atomic E-state index is 10.5. The molecule has 3 N–H and O–H groups in total. The van der Waals surface area contributed by atoms with E-state index in [9.17, 15) is 4.79 Å². The fourth-order valence-corrected chi connectivity index (χ4v) is 1.81. The van der Waals surface area contributed by atoms with Crippen molar-refractivity contribution in [2.75, 3.05) is 5.32 Å². The van der Waals surface area contributed by atoms with Crippen molar-refractivity contribution in [3.05, 3.63) is 23.0 Å². The molecule has 7 nitrogen and oxygen atoms in total. The SMILES string of the molecule is Cc1nc(Nc2ncc(C=O)s2)cc(ON)n1. The fourth-order valence-electron chi connectivity index (χ4n) is 1.17. The Balaban J connectivity index is 2.22. The van der Waals surface area contributed by atoms with Gasteiger partial charge in [-0.15, -0.1) is 0 Å². The predicted octanol–water partition coefficient (Wildman–Crippen LogP) is 1.05. The van der Waals surface area contributed by atoms with Gasteiger partial charge in [0.15, 0.2) is 11.4 Å². The number of hydrogen-bond donors (Lipinski definition) is 2. The Bertz CT molecular complexity index is 542. The van der Waals surface area contributed by atoms with Gasteiger partial charge in [-0.3, -0.25) is 4.79 Å². The normalized spacial score (nSPS) is 10.0. The van der Waals surface area contributed by atoms with Crippen molar-refractivity contribution in [3.63, 3.8) is 0 Å². The van der Waals surface area contributed by atoms with Crippen LogP contribution >= 0.6 is 11.3 Å². The number of rotatable bonds is 4. The molecule has 0 radical (unpaired) electrons. The average molecular weight is 251 g/mol. The van der Waals surface area contributed by atoms with Crippen molar-refractivity contribution in [3.8, 4) is 5.88 Å². The van der Waals surface area contributed by atoms with Crippen LogP contribution in [-0.2, 0) is 0 Å². The van der Waals surface area contributed by atoms with E-state index in [1.54, 1.807) is 6.92 Å². The molecule has 0 aliphatic carbocycles. The van der Waals surface area contributed by atoms with Gasteiger partial charge in [-0.05, 0) is 6.92 Å². The van der Waals surface area contributed by atoms with Gasteiger partial charge in [0.05, 0.1) is 11.1 Å². The lowest BCUT2D eigenvalue weighted by molar-refractivity contribution is 0.112. The monoisotopic (exact) mass is 251 g/mol. The Labute approximate surface area is 101 Å². The summed E-state index contributed by atoms with van der Waals surface area (Å²) in [4.78, 5) is 27.7. The third kappa shape index (κ3) is 2.74. The number of nitrogens with zero attached hydrogens (tertiary/aromatic N) is 3.